The molecular weight excluding hydrogens is 244 g/mol. The summed E-state index contributed by atoms with van der Waals surface area (Å²) in [6, 6.07) is 7.83. The molecule has 0 fully saturated rings. The standard InChI is InChI=1S/C14H16N2OS/c1-3-11-4-6-12(7-5-11)13(17)10-18-14-15-8-9-16(14)2/h4-9H,3,10H2,1-2H3. The second-order valence-corrected chi connectivity index (χ2v) is 5.03. The highest BCUT2D eigenvalue weighted by molar-refractivity contribution is 7.99. The molecule has 0 bridgehead atoms. The molecule has 0 aliphatic heterocycles. The van der Waals surface area contributed by atoms with Gasteiger partial charge in [-0.3, -0.25) is 4.79 Å². The molecule has 3 nitrogen and oxygen atoms in total. The molecule has 0 saturated heterocycles. The lowest BCUT2D eigenvalue weighted by molar-refractivity contribution is 0.102. The molecule has 0 aliphatic rings. The highest BCUT2D eigenvalue weighted by Crippen LogP contribution is 2.16. The first kappa shape index (κ1) is 12.9. The predicted molar refractivity (Wildman–Crippen MR) is 74.1 cm³/mol. The van der Waals surface area contributed by atoms with Gasteiger partial charge < -0.3 is 4.57 Å². The minimum atomic E-state index is 0.144. The van der Waals surface area contributed by atoms with E-state index in [1.807, 2.05) is 42.1 Å². The van der Waals surface area contributed by atoms with Gasteiger partial charge in [-0.25, -0.2) is 4.98 Å². The second-order valence-electron chi connectivity index (χ2n) is 4.08. The molecule has 0 spiro atoms. The highest BCUT2D eigenvalue weighted by Gasteiger charge is 2.08. The third kappa shape index (κ3) is 3.01. The maximum Gasteiger partial charge on any atom is 0.173 e. The number of ketones is 1. The summed E-state index contributed by atoms with van der Waals surface area (Å²) in [4.78, 5) is 16.2. The van der Waals surface area contributed by atoms with Crippen molar-refractivity contribution >= 4 is 17.5 Å². The summed E-state index contributed by atoms with van der Waals surface area (Å²) in [5.74, 6) is 0.571. The van der Waals surface area contributed by atoms with Crippen LogP contribution in [-0.4, -0.2) is 21.1 Å². The van der Waals surface area contributed by atoms with E-state index in [0.717, 1.165) is 17.1 Å². The summed E-state index contributed by atoms with van der Waals surface area (Å²) in [6.07, 6.45) is 4.61. The van der Waals surface area contributed by atoms with Crippen LogP contribution >= 0.6 is 11.8 Å². The number of Topliss-reactive ketones (excluding diaryl/α,β-unsaturated/α-hetero) is 1. The van der Waals surface area contributed by atoms with Gasteiger partial charge in [0.25, 0.3) is 0 Å². The van der Waals surface area contributed by atoms with Crippen molar-refractivity contribution in [2.24, 2.45) is 7.05 Å². The topological polar surface area (TPSA) is 34.9 Å². The number of hydrogen-bond acceptors (Lipinski definition) is 3. The molecule has 1 aromatic heterocycles. The largest absolute Gasteiger partial charge is 0.329 e. The molecule has 0 radical (unpaired) electrons. The number of carbonyl (C=O) groups excluding carboxylic acids is 1. The van der Waals surface area contributed by atoms with Crippen molar-refractivity contribution in [2.45, 2.75) is 18.5 Å². The summed E-state index contributed by atoms with van der Waals surface area (Å²) < 4.78 is 1.91. The molecule has 2 aromatic rings. The van der Waals surface area contributed by atoms with E-state index in [1.54, 1.807) is 6.20 Å². The fourth-order valence-electron chi connectivity index (χ4n) is 1.63. The molecule has 1 aromatic carbocycles. The van der Waals surface area contributed by atoms with E-state index in [-0.39, 0.29) is 5.78 Å². The molecule has 0 unspecified atom stereocenters. The third-order valence-corrected chi connectivity index (χ3v) is 3.85. The molecule has 0 saturated carbocycles. The number of hydrogen-bond donors (Lipinski definition) is 0. The van der Waals surface area contributed by atoms with Crippen LogP contribution in [0.4, 0.5) is 0 Å². The van der Waals surface area contributed by atoms with Crippen LogP contribution in [0, 0.1) is 0 Å². The van der Waals surface area contributed by atoms with Gasteiger partial charge in [0.2, 0.25) is 0 Å². The number of aromatic nitrogens is 2. The van der Waals surface area contributed by atoms with Crippen molar-refractivity contribution in [1.82, 2.24) is 9.55 Å². The van der Waals surface area contributed by atoms with Crippen molar-refractivity contribution in [3.63, 3.8) is 0 Å². The Bertz CT molecular complexity index is 531. The smallest absolute Gasteiger partial charge is 0.173 e. The number of benzene rings is 1. The van der Waals surface area contributed by atoms with Gasteiger partial charge in [0.15, 0.2) is 10.9 Å². The SMILES string of the molecule is CCc1ccc(C(=O)CSc2nccn2C)cc1. The van der Waals surface area contributed by atoms with Crippen LogP contribution in [0.15, 0.2) is 41.8 Å². The minimum absolute atomic E-state index is 0.144. The lowest BCUT2D eigenvalue weighted by Crippen LogP contribution is -2.03. The summed E-state index contributed by atoms with van der Waals surface area (Å²) in [5.41, 5.74) is 2.03. The van der Waals surface area contributed by atoms with Crippen molar-refractivity contribution in [3.8, 4) is 0 Å². The van der Waals surface area contributed by atoms with Crippen molar-refractivity contribution in [1.29, 1.82) is 0 Å². The molecule has 0 N–H and O–H groups in total. The van der Waals surface area contributed by atoms with Gasteiger partial charge in [-0.15, -0.1) is 0 Å². The number of thioether (sulfide) groups is 1. The fraction of sp³-hybridized carbons (Fsp3) is 0.286. The molecule has 1 heterocycles. The number of rotatable bonds is 5. The Labute approximate surface area is 111 Å². The number of imidazole rings is 1. The molecule has 2 rings (SSSR count). The number of carbonyl (C=O) groups is 1. The van der Waals surface area contributed by atoms with E-state index < -0.39 is 0 Å². The van der Waals surface area contributed by atoms with E-state index >= 15 is 0 Å². The van der Waals surface area contributed by atoms with Crippen LogP contribution in [0.2, 0.25) is 0 Å². The molecule has 94 valence electrons. The lowest BCUT2D eigenvalue weighted by atomic mass is 10.1. The first-order valence-corrected chi connectivity index (χ1v) is 6.91. The van der Waals surface area contributed by atoms with Gasteiger partial charge in [0.1, 0.15) is 0 Å². The Hall–Kier alpha value is -1.55. The Kier molecular flexibility index (Phi) is 4.20. The molecule has 4 heteroatoms. The highest BCUT2D eigenvalue weighted by atomic mass is 32.2. The van der Waals surface area contributed by atoms with E-state index in [9.17, 15) is 4.79 Å². The Morgan fingerprint density at radius 3 is 2.61 bits per heavy atom. The van der Waals surface area contributed by atoms with E-state index in [4.69, 9.17) is 0 Å². The quantitative estimate of drug-likeness (QED) is 0.612. The average molecular weight is 260 g/mol. The van der Waals surface area contributed by atoms with Gasteiger partial charge in [0, 0.05) is 25.0 Å². The fourth-order valence-corrected chi connectivity index (χ4v) is 2.46. The lowest BCUT2D eigenvalue weighted by Gasteiger charge is -2.03. The normalized spacial score (nSPS) is 10.6. The van der Waals surface area contributed by atoms with Crippen molar-refractivity contribution in [3.05, 3.63) is 47.8 Å². The Balaban J connectivity index is 1.97. The van der Waals surface area contributed by atoms with Gasteiger partial charge in [0.05, 0.1) is 5.75 Å². The van der Waals surface area contributed by atoms with Crippen LogP contribution in [0.3, 0.4) is 0 Å². The molecular formula is C14H16N2OS. The van der Waals surface area contributed by atoms with Crippen LogP contribution < -0.4 is 0 Å². The van der Waals surface area contributed by atoms with Crippen LogP contribution in [-0.2, 0) is 13.5 Å². The maximum absolute atomic E-state index is 12.0. The van der Waals surface area contributed by atoms with Gasteiger partial charge in [-0.05, 0) is 12.0 Å². The zero-order valence-corrected chi connectivity index (χ0v) is 11.4. The Morgan fingerprint density at radius 2 is 2.06 bits per heavy atom. The van der Waals surface area contributed by atoms with Crippen LogP contribution in [0.5, 0.6) is 0 Å². The molecule has 0 atom stereocenters. The first-order valence-electron chi connectivity index (χ1n) is 5.93. The van der Waals surface area contributed by atoms with E-state index in [1.165, 1.54) is 17.3 Å². The van der Waals surface area contributed by atoms with Gasteiger partial charge >= 0.3 is 0 Å². The summed E-state index contributed by atoms with van der Waals surface area (Å²) in [7, 11) is 1.93. The van der Waals surface area contributed by atoms with Crippen LogP contribution in [0.25, 0.3) is 0 Å². The van der Waals surface area contributed by atoms with Crippen molar-refractivity contribution in [2.75, 3.05) is 5.75 Å². The van der Waals surface area contributed by atoms with Crippen LogP contribution in [0.1, 0.15) is 22.8 Å². The monoisotopic (exact) mass is 260 g/mol. The molecule has 0 amide bonds. The first-order chi connectivity index (χ1) is 8.70. The third-order valence-electron chi connectivity index (χ3n) is 2.79. The average Bonchev–Trinajstić information content (AvgIpc) is 2.81. The maximum atomic E-state index is 12.0. The summed E-state index contributed by atoms with van der Waals surface area (Å²) in [6.45, 7) is 2.10. The molecule has 0 aliphatic carbocycles. The summed E-state index contributed by atoms with van der Waals surface area (Å²) in [5, 5.41) is 0.869. The zero-order chi connectivity index (χ0) is 13.0. The number of nitrogens with zero attached hydrogens (tertiary/aromatic N) is 2. The van der Waals surface area contributed by atoms with E-state index in [2.05, 4.69) is 11.9 Å². The predicted octanol–water partition coefficient (Wildman–Crippen LogP) is 2.96. The number of aryl methyl sites for hydroxylation is 2. The van der Waals surface area contributed by atoms with Gasteiger partial charge in [-0.2, -0.15) is 0 Å². The molecule has 18 heavy (non-hydrogen) atoms. The van der Waals surface area contributed by atoms with Gasteiger partial charge in [-0.1, -0.05) is 43.0 Å². The summed E-state index contributed by atoms with van der Waals surface area (Å²) >= 11 is 1.47. The minimum Gasteiger partial charge on any atom is -0.329 e. The van der Waals surface area contributed by atoms with E-state index in [0.29, 0.717) is 5.75 Å². The Morgan fingerprint density at radius 1 is 1.33 bits per heavy atom. The zero-order valence-electron chi connectivity index (χ0n) is 10.6. The van der Waals surface area contributed by atoms with Crippen molar-refractivity contribution < 1.29 is 4.79 Å². The second kappa shape index (κ2) is 5.87.